The van der Waals surface area contributed by atoms with Gasteiger partial charge in [0.1, 0.15) is 12.2 Å². The second-order valence-electron chi connectivity index (χ2n) is 10.4. The van der Waals surface area contributed by atoms with Gasteiger partial charge >= 0.3 is 0 Å². The van der Waals surface area contributed by atoms with E-state index in [2.05, 4.69) is 0 Å². The first-order valence-corrected chi connectivity index (χ1v) is 11.5. The first-order valence-electron chi connectivity index (χ1n) is 10.6. The van der Waals surface area contributed by atoms with Gasteiger partial charge in [-0.2, -0.15) is 0 Å². The number of ketones is 1. The van der Waals surface area contributed by atoms with Gasteiger partial charge in [-0.05, 0) is 61.2 Å². The molecular weight excluding hydrogens is 413 g/mol. The van der Waals surface area contributed by atoms with Crippen molar-refractivity contribution in [2.24, 2.45) is 34.0 Å². The van der Waals surface area contributed by atoms with E-state index >= 15 is 8.78 Å². The van der Waals surface area contributed by atoms with Crippen molar-refractivity contribution in [3.05, 3.63) is 23.8 Å². The van der Waals surface area contributed by atoms with E-state index in [0.717, 1.165) is 0 Å². The Morgan fingerprint density at radius 2 is 1.97 bits per heavy atom. The lowest BCUT2D eigenvalue weighted by molar-refractivity contribution is -0.246. The number of rotatable bonds is 2. The maximum absolute atomic E-state index is 17.3. The summed E-state index contributed by atoms with van der Waals surface area (Å²) < 4.78 is 45.7. The molecule has 1 unspecified atom stereocenters. The molecule has 4 aliphatic rings. The molecule has 0 heterocycles. The van der Waals surface area contributed by atoms with Crippen LogP contribution in [0.4, 0.5) is 13.2 Å². The van der Waals surface area contributed by atoms with Gasteiger partial charge in [-0.25, -0.2) is 13.2 Å². The number of carbonyl (C=O) groups excluding carboxylic acids is 2. The summed E-state index contributed by atoms with van der Waals surface area (Å²) in [6, 6.07) is -0.826. The minimum atomic E-state index is -2.19. The molecule has 0 bridgehead atoms. The Kier molecular flexibility index (Phi) is 4.95. The fourth-order valence-electron chi connectivity index (χ4n) is 7.89. The zero-order valence-electron chi connectivity index (χ0n) is 17.8. The van der Waals surface area contributed by atoms with Crippen molar-refractivity contribution in [2.45, 2.75) is 64.9 Å². The maximum Gasteiger partial charge on any atom is 0.195 e. The molecule has 7 heteroatoms. The lowest BCUT2D eigenvalue weighted by Gasteiger charge is -2.67. The average molecular weight is 443 g/mol. The summed E-state index contributed by atoms with van der Waals surface area (Å²) >= 11 is 0.621. The number of hydrogen-bond acceptors (Lipinski definition) is 4. The molecule has 0 spiro atoms. The molecule has 1 N–H and O–H groups in total. The number of thioether (sulfide) groups is 1. The summed E-state index contributed by atoms with van der Waals surface area (Å²) in [4.78, 5) is 24.7. The summed E-state index contributed by atoms with van der Waals surface area (Å²) in [5, 5.41) is 11.0. The van der Waals surface area contributed by atoms with Crippen molar-refractivity contribution in [3.8, 4) is 0 Å². The van der Waals surface area contributed by atoms with Crippen LogP contribution >= 0.6 is 11.8 Å². The molecule has 0 aromatic carbocycles. The highest BCUT2D eigenvalue weighted by Crippen LogP contribution is 2.75. The number of aliphatic hydroxyl groups excluding tert-OH is 1. The smallest absolute Gasteiger partial charge is 0.195 e. The van der Waals surface area contributed by atoms with Gasteiger partial charge in [-0.15, -0.1) is 0 Å². The number of hydrogen-bond donors (Lipinski definition) is 1. The van der Waals surface area contributed by atoms with Crippen molar-refractivity contribution < 1.29 is 27.9 Å². The Morgan fingerprint density at radius 1 is 1.30 bits per heavy atom. The van der Waals surface area contributed by atoms with Crippen LogP contribution in [0.15, 0.2) is 23.8 Å². The number of fused-ring (bicyclic) bond motifs is 5. The summed E-state index contributed by atoms with van der Waals surface area (Å²) in [6.45, 7) is 7.04. The molecule has 0 aromatic rings. The quantitative estimate of drug-likeness (QED) is 0.671. The fraction of sp³-hybridized carbons (Fsp3) is 0.739. The summed E-state index contributed by atoms with van der Waals surface area (Å²) in [5.41, 5.74) is -5.56. The summed E-state index contributed by atoms with van der Waals surface area (Å²) in [5.74, 6) is -1.38. The molecule has 4 rings (SSSR count). The van der Waals surface area contributed by atoms with Gasteiger partial charge in [-0.3, -0.25) is 9.59 Å². The first kappa shape index (κ1) is 22.1. The topological polar surface area (TPSA) is 54.4 Å². The molecule has 0 amide bonds. The first-order chi connectivity index (χ1) is 13.9. The Hall–Kier alpha value is -1.08. The molecule has 0 radical (unpaired) electrons. The van der Waals surface area contributed by atoms with Crippen molar-refractivity contribution in [2.75, 3.05) is 6.01 Å². The van der Waals surface area contributed by atoms with Crippen LogP contribution < -0.4 is 0 Å². The Labute approximate surface area is 179 Å². The molecule has 166 valence electrons. The molecule has 4 aliphatic carbocycles. The molecular formula is C23H29F3O3S. The monoisotopic (exact) mass is 442 g/mol. The number of carbonyl (C=O) groups is 2. The van der Waals surface area contributed by atoms with Crippen molar-refractivity contribution in [3.63, 3.8) is 0 Å². The van der Waals surface area contributed by atoms with Crippen LogP contribution in [-0.4, -0.2) is 40.0 Å². The molecule has 3 fully saturated rings. The molecule has 9 atom stereocenters. The normalized spacial score (nSPS) is 52.3. The van der Waals surface area contributed by atoms with E-state index in [4.69, 9.17) is 0 Å². The molecule has 0 aromatic heterocycles. The van der Waals surface area contributed by atoms with Crippen LogP contribution in [0.5, 0.6) is 0 Å². The zero-order chi connectivity index (χ0) is 22.3. The van der Waals surface area contributed by atoms with Crippen LogP contribution in [0.1, 0.15) is 47.0 Å². The second-order valence-corrected chi connectivity index (χ2v) is 11.3. The van der Waals surface area contributed by atoms with Crippen molar-refractivity contribution in [1.82, 2.24) is 0 Å². The van der Waals surface area contributed by atoms with Gasteiger partial charge in [0.25, 0.3) is 0 Å². The Morgan fingerprint density at radius 3 is 2.60 bits per heavy atom. The van der Waals surface area contributed by atoms with E-state index in [1.807, 2.05) is 13.8 Å². The van der Waals surface area contributed by atoms with E-state index in [9.17, 15) is 19.1 Å². The average Bonchev–Trinajstić information content (AvgIpc) is 2.92. The molecule has 3 saturated carbocycles. The summed E-state index contributed by atoms with van der Waals surface area (Å²) in [7, 11) is 0. The van der Waals surface area contributed by atoms with Gasteiger partial charge in [0.15, 0.2) is 16.6 Å². The zero-order valence-corrected chi connectivity index (χ0v) is 18.6. The minimum absolute atomic E-state index is 0.0406. The highest BCUT2D eigenvalue weighted by Gasteiger charge is 2.77. The molecule has 0 saturated heterocycles. The van der Waals surface area contributed by atoms with Crippen molar-refractivity contribution >= 4 is 22.7 Å². The van der Waals surface area contributed by atoms with Crippen LogP contribution in [0.25, 0.3) is 0 Å². The van der Waals surface area contributed by atoms with Gasteiger partial charge in [0.2, 0.25) is 0 Å². The maximum atomic E-state index is 17.3. The fourth-order valence-corrected chi connectivity index (χ4v) is 8.68. The van der Waals surface area contributed by atoms with Crippen LogP contribution in [0.2, 0.25) is 0 Å². The van der Waals surface area contributed by atoms with Crippen LogP contribution in [0, 0.1) is 34.0 Å². The van der Waals surface area contributed by atoms with E-state index < -0.39 is 46.1 Å². The molecule has 0 aliphatic heterocycles. The lowest BCUT2D eigenvalue weighted by atomic mass is 9.39. The van der Waals surface area contributed by atoms with Gasteiger partial charge < -0.3 is 5.11 Å². The standard InChI is InChI=1S/C23H29F3O3S/c1-12-7-16-20(2,18(12)19(29)30-11-24)10-17(28)23(26)21(3)6-5-13(27)8-14(21)15(25)9-22(16,23)4/h5-6,8,12,15-18,28H,7,9-11H2,1-4H3/t12-,15+,16-,17+,18?,20-,21+,22+,23+/m1/s1. The van der Waals surface area contributed by atoms with Crippen molar-refractivity contribution in [1.29, 1.82) is 0 Å². The Balaban J connectivity index is 1.87. The van der Waals surface area contributed by atoms with Crippen LogP contribution in [-0.2, 0) is 9.59 Å². The summed E-state index contributed by atoms with van der Waals surface area (Å²) in [6.07, 6.45) is 1.28. The SMILES string of the molecule is C[C@@H]1C[C@@H]2[C@@](C)(C[C@H](O)[C@]3(F)[C@@]4(C)C=CC(=O)C=C4[C@@H](F)C[C@@]23C)C1C(=O)SCF. The van der Waals surface area contributed by atoms with Crippen LogP contribution in [0.3, 0.4) is 0 Å². The van der Waals surface area contributed by atoms with E-state index in [0.29, 0.717) is 18.2 Å². The lowest BCUT2D eigenvalue weighted by Crippen LogP contribution is -2.73. The highest BCUT2D eigenvalue weighted by atomic mass is 32.2. The number of aliphatic hydroxyl groups is 1. The third kappa shape index (κ3) is 2.45. The van der Waals surface area contributed by atoms with E-state index in [1.165, 1.54) is 18.2 Å². The number of allylic oxidation sites excluding steroid dienone is 4. The minimum Gasteiger partial charge on any atom is -0.390 e. The largest absolute Gasteiger partial charge is 0.390 e. The predicted octanol–water partition coefficient (Wildman–Crippen LogP) is 4.74. The number of alkyl halides is 3. The Bertz CT molecular complexity index is 859. The van der Waals surface area contributed by atoms with E-state index in [1.54, 1.807) is 13.8 Å². The van der Waals surface area contributed by atoms with Gasteiger partial charge in [-0.1, -0.05) is 38.6 Å². The third-order valence-electron chi connectivity index (χ3n) is 9.00. The third-order valence-corrected chi connectivity index (χ3v) is 9.65. The highest BCUT2D eigenvalue weighted by molar-refractivity contribution is 8.13. The van der Waals surface area contributed by atoms with E-state index in [-0.39, 0.29) is 41.1 Å². The second kappa shape index (κ2) is 6.71. The predicted molar refractivity (Wildman–Crippen MR) is 110 cm³/mol. The van der Waals surface area contributed by atoms with Gasteiger partial charge in [0.05, 0.1) is 6.10 Å². The van der Waals surface area contributed by atoms with Gasteiger partial charge in [0, 0.05) is 16.7 Å². The molecule has 30 heavy (non-hydrogen) atoms. The number of halogens is 3. The molecule has 3 nitrogen and oxygen atoms in total.